The van der Waals surface area contributed by atoms with Crippen LogP contribution in [0.3, 0.4) is 0 Å². The van der Waals surface area contributed by atoms with E-state index in [9.17, 15) is 47.7 Å². The molecule has 0 bridgehead atoms. The number of benzene rings is 5. The lowest BCUT2D eigenvalue weighted by molar-refractivity contribution is -0.119. The maximum absolute atomic E-state index is 13.2. The number of Topliss-reactive ketones (excluding diaryl/α,β-unsaturated/α-hetero) is 1. The number of ether oxygens (including phenoxy) is 2. The molecule has 0 fully saturated rings. The van der Waals surface area contributed by atoms with Crippen LogP contribution in [0.25, 0.3) is 0 Å². The van der Waals surface area contributed by atoms with Gasteiger partial charge in [-0.05, 0) is 72.6 Å². The lowest BCUT2D eigenvalue weighted by atomic mass is 9.95. The van der Waals surface area contributed by atoms with Gasteiger partial charge in [-0.25, -0.2) is 13.2 Å². The van der Waals surface area contributed by atoms with Crippen molar-refractivity contribution in [3.8, 4) is 23.0 Å². The fourth-order valence-corrected chi connectivity index (χ4v) is 7.29. The van der Waals surface area contributed by atoms with E-state index >= 15 is 0 Å². The summed E-state index contributed by atoms with van der Waals surface area (Å²) >= 11 is 0. The quantitative estimate of drug-likeness (QED) is 0.0584. The van der Waals surface area contributed by atoms with Crippen LogP contribution in [0.15, 0.2) is 108 Å². The Labute approximate surface area is 333 Å². The number of carboxylic acid groups (broad SMARTS) is 1. The zero-order valence-electron chi connectivity index (χ0n) is 31.4. The lowest BCUT2D eigenvalue weighted by Gasteiger charge is -2.16. The fraction of sp³-hybridized carbons (Fsp3) is 0.167. The van der Waals surface area contributed by atoms with E-state index in [0.717, 1.165) is 6.07 Å². The fourth-order valence-electron chi connectivity index (χ4n) is 5.92. The van der Waals surface area contributed by atoms with Gasteiger partial charge in [0.05, 0.1) is 41.8 Å². The Morgan fingerprint density at radius 3 is 1.74 bits per heavy atom. The average Bonchev–Trinajstić information content (AvgIpc) is 3.20. The first-order valence-corrected chi connectivity index (χ1v) is 19.3. The number of amides is 3. The van der Waals surface area contributed by atoms with Crippen molar-refractivity contribution in [3.05, 3.63) is 131 Å². The summed E-state index contributed by atoms with van der Waals surface area (Å²) in [6.45, 7) is 1.78. The Morgan fingerprint density at radius 1 is 0.655 bits per heavy atom. The van der Waals surface area contributed by atoms with Gasteiger partial charge >= 0.3 is 5.97 Å². The zero-order valence-corrected chi connectivity index (χ0v) is 32.3. The molecule has 0 radical (unpaired) electrons. The SMILES string of the molecule is CCC(CC(=O)c1ccc(CS(=O)(=O)c2ccccc2)cc1)C(=O)Nc1ccc(C(=O)Nc2ccc(C(=O)Nc3ccc(C(=O)O)c(O)c3OC)c(O)c2OC)cc1. The van der Waals surface area contributed by atoms with E-state index in [1.807, 2.05) is 0 Å². The maximum atomic E-state index is 13.2. The molecule has 300 valence electrons. The molecule has 0 aliphatic carbocycles. The summed E-state index contributed by atoms with van der Waals surface area (Å²) in [5, 5.41) is 38.2. The average molecular weight is 810 g/mol. The number of phenolic OH excluding ortho intramolecular Hbond substituents is 1. The number of nitrogens with one attached hydrogen (secondary N) is 3. The number of hydrogen-bond acceptors (Lipinski definition) is 11. The minimum absolute atomic E-state index is 0.0160. The number of aromatic hydroxyl groups is 2. The number of rotatable bonds is 16. The van der Waals surface area contributed by atoms with E-state index in [1.165, 1.54) is 68.8 Å². The molecule has 5 aromatic rings. The van der Waals surface area contributed by atoms with Crippen LogP contribution in [0.5, 0.6) is 23.0 Å². The van der Waals surface area contributed by atoms with Crippen LogP contribution in [0, 0.1) is 5.92 Å². The summed E-state index contributed by atoms with van der Waals surface area (Å²) in [5.74, 6) is -6.39. The van der Waals surface area contributed by atoms with Crippen molar-refractivity contribution in [2.45, 2.75) is 30.4 Å². The van der Waals surface area contributed by atoms with E-state index in [1.54, 1.807) is 49.4 Å². The van der Waals surface area contributed by atoms with Crippen LogP contribution in [-0.2, 0) is 20.4 Å². The summed E-state index contributed by atoms with van der Waals surface area (Å²) in [7, 11) is -1.18. The third kappa shape index (κ3) is 9.59. The first-order chi connectivity index (χ1) is 27.7. The van der Waals surface area contributed by atoms with Crippen LogP contribution >= 0.6 is 0 Å². The van der Waals surface area contributed by atoms with Gasteiger partial charge in [0.1, 0.15) is 5.56 Å². The normalized spacial score (nSPS) is 11.5. The largest absolute Gasteiger partial charge is 0.504 e. The summed E-state index contributed by atoms with van der Waals surface area (Å²) in [6, 6.07) is 25.0. The second-order valence-electron chi connectivity index (χ2n) is 12.9. The monoisotopic (exact) mass is 809 g/mol. The molecule has 0 heterocycles. The summed E-state index contributed by atoms with van der Waals surface area (Å²) in [6.07, 6.45) is 0.273. The zero-order chi connectivity index (χ0) is 42.1. The van der Waals surface area contributed by atoms with Gasteiger partial charge < -0.3 is 40.7 Å². The molecule has 15 nitrogen and oxygen atoms in total. The highest BCUT2D eigenvalue weighted by Gasteiger charge is 2.25. The summed E-state index contributed by atoms with van der Waals surface area (Å²) < 4.78 is 35.8. The predicted molar refractivity (Wildman–Crippen MR) is 214 cm³/mol. The second-order valence-corrected chi connectivity index (χ2v) is 14.9. The molecule has 0 aliphatic heterocycles. The van der Waals surface area contributed by atoms with E-state index in [-0.39, 0.29) is 56.9 Å². The highest BCUT2D eigenvalue weighted by Crippen LogP contribution is 2.40. The van der Waals surface area contributed by atoms with Crippen LogP contribution < -0.4 is 25.4 Å². The molecule has 0 aliphatic rings. The molecule has 3 amide bonds. The van der Waals surface area contributed by atoms with Crippen molar-refractivity contribution in [2.24, 2.45) is 5.92 Å². The standard InChI is InChI=1S/C42H39N3O12S/c1-4-25(22-34(46)26-12-10-24(11-13-26)23-58(54,55)29-8-6-5-7-9-29)39(49)43-28-16-14-27(15-17-28)40(50)44-32-20-18-30(35(47)37(32)56-2)41(51)45-33-21-19-31(42(52)53)36(48)38(33)57-3/h5-21,25,47-48H,4,22-23H2,1-3H3,(H,43,49)(H,44,50)(H,45,51)(H,52,53). The molecular formula is C42H39N3O12S. The number of aromatic carboxylic acids is 1. The molecule has 5 rings (SSSR count). The lowest BCUT2D eigenvalue weighted by Crippen LogP contribution is -2.25. The number of hydrogen-bond donors (Lipinski definition) is 6. The molecule has 0 spiro atoms. The summed E-state index contributed by atoms with van der Waals surface area (Å²) in [4.78, 5) is 64.1. The van der Waals surface area contributed by atoms with Crippen molar-refractivity contribution in [1.29, 1.82) is 0 Å². The molecule has 58 heavy (non-hydrogen) atoms. The van der Waals surface area contributed by atoms with Crippen LogP contribution in [-0.4, -0.2) is 67.4 Å². The van der Waals surface area contributed by atoms with Gasteiger partial charge in [-0.1, -0.05) is 49.4 Å². The van der Waals surface area contributed by atoms with Crippen LogP contribution in [0.2, 0.25) is 0 Å². The highest BCUT2D eigenvalue weighted by atomic mass is 32.2. The smallest absolute Gasteiger partial charge is 0.339 e. The van der Waals surface area contributed by atoms with Crippen LogP contribution in [0.1, 0.15) is 66.8 Å². The topological polar surface area (TPSA) is 235 Å². The van der Waals surface area contributed by atoms with Crippen molar-refractivity contribution in [3.63, 3.8) is 0 Å². The summed E-state index contributed by atoms with van der Waals surface area (Å²) in [5.41, 5.74) is 0.599. The molecule has 1 unspecified atom stereocenters. The number of phenols is 2. The van der Waals surface area contributed by atoms with E-state index in [0.29, 0.717) is 23.2 Å². The van der Waals surface area contributed by atoms with Gasteiger partial charge in [0.15, 0.2) is 38.6 Å². The number of methoxy groups -OCH3 is 2. The van der Waals surface area contributed by atoms with Gasteiger partial charge in [0.25, 0.3) is 11.8 Å². The van der Waals surface area contributed by atoms with E-state index in [4.69, 9.17) is 9.47 Å². The van der Waals surface area contributed by atoms with Gasteiger partial charge in [0.2, 0.25) is 5.91 Å². The van der Waals surface area contributed by atoms with Crippen LogP contribution in [0.4, 0.5) is 17.1 Å². The third-order valence-electron chi connectivity index (χ3n) is 9.09. The molecule has 0 saturated carbocycles. The molecule has 1 atom stereocenters. The van der Waals surface area contributed by atoms with E-state index in [2.05, 4.69) is 16.0 Å². The number of anilines is 3. The number of sulfone groups is 1. The molecule has 16 heteroatoms. The number of carboxylic acids is 1. The van der Waals surface area contributed by atoms with Gasteiger partial charge in [-0.15, -0.1) is 0 Å². The molecule has 5 aromatic carbocycles. The van der Waals surface area contributed by atoms with Crippen molar-refractivity contribution in [1.82, 2.24) is 0 Å². The molecule has 0 aromatic heterocycles. The van der Waals surface area contributed by atoms with Gasteiger partial charge in [-0.3, -0.25) is 19.2 Å². The van der Waals surface area contributed by atoms with Crippen molar-refractivity contribution < 1.29 is 57.2 Å². The molecular weight excluding hydrogens is 771 g/mol. The van der Waals surface area contributed by atoms with Gasteiger partial charge in [0, 0.05) is 29.2 Å². The Kier molecular flexibility index (Phi) is 13.1. The minimum Gasteiger partial charge on any atom is -0.504 e. The Balaban J connectivity index is 1.19. The predicted octanol–water partition coefficient (Wildman–Crippen LogP) is 6.53. The first-order valence-electron chi connectivity index (χ1n) is 17.6. The Morgan fingerprint density at radius 2 is 1.19 bits per heavy atom. The molecule has 0 saturated heterocycles. The number of carbonyl (C=O) groups is 5. The third-order valence-corrected chi connectivity index (χ3v) is 10.8. The second kappa shape index (κ2) is 18.2. The van der Waals surface area contributed by atoms with E-state index < -0.39 is 56.5 Å². The molecule has 6 N–H and O–H groups in total. The number of ketones is 1. The first kappa shape index (κ1) is 42.0. The highest BCUT2D eigenvalue weighted by molar-refractivity contribution is 7.90. The van der Waals surface area contributed by atoms with Crippen molar-refractivity contribution >= 4 is 56.4 Å². The minimum atomic E-state index is -3.56. The maximum Gasteiger partial charge on any atom is 0.339 e. The Bertz CT molecular complexity index is 2470. The van der Waals surface area contributed by atoms with Crippen molar-refractivity contribution in [2.75, 3.05) is 30.2 Å². The van der Waals surface area contributed by atoms with Gasteiger partial charge in [-0.2, -0.15) is 0 Å². The number of carbonyl (C=O) groups excluding carboxylic acids is 4. The Hall–Kier alpha value is -7.20.